The third-order valence-corrected chi connectivity index (χ3v) is 7.56. The molecule has 3 N–H and O–H groups in total. The lowest BCUT2D eigenvalue weighted by Crippen LogP contribution is -2.41. The first-order valence-corrected chi connectivity index (χ1v) is 12.5. The van der Waals surface area contributed by atoms with Crippen LogP contribution in [0.1, 0.15) is 35.0 Å². The van der Waals surface area contributed by atoms with Crippen molar-refractivity contribution in [1.29, 1.82) is 4.78 Å². The Kier molecular flexibility index (Phi) is 7.02. The number of nitrogens with one attached hydrogen (secondary N) is 3. The molecule has 3 atom stereocenters. The summed E-state index contributed by atoms with van der Waals surface area (Å²) in [7, 11) is -1.93. The minimum absolute atomic E-state index is 0.102. The van der Waals surface area contributed by atoms with Crippen molar-refractivity contribution in [2.45, 2.75) is 43.4 Å². The van der Waals surface area contributed by atoms with Gasteiger partial charge >= 0.3 is 0 Å². The minimum atomic E-state index is -3.48. The second kappa shape index (κ2) is 9.84. The van der Waals surface area contributed by atoms with Crippen LogP contribution in [0.25, 0.3) is 0 Å². The van der Waals surface area contributed by atoms with Crippen LogP contribution in [0.5, 0.6) is 0 Å². The van der Waals surface area contributed by atoms with E-state index in [2.05, 4.69) is 10.0 Å². The van der Waals surface area contributed by atoms with Crippen molar-refractivity contribution in [3.8, 4) is 0 Å². The van der Waals surface area contributed by atoms with E-state index in [0.717, 1.165) is 5.56 Å². The number of fused-ring (bicyclic) bond motifs is 1. The van der Waals surface area contributed by atoms with E-state index in [1.807, 2.05) is 37.3 Å². The van der Waals surface area contributed by atoms with Crippen molar-refractivity contribution in [2.75, 3.05) is 5.32 Å². The molecule has 0 bridgehead atoms. The van der Waals surface area contributed by atoms with Crippen molar-refractivity contribution in [3.63, 3.8) is 0 Å². The van der Waals surface area contributed by atoms with Crippen LogP contribution in [0, 0.1) is 22.2 Å². The number of hydrogen-bond acceptors (Lipinski definition) is 4. The first-order chi connectivity index (χ1) is 16.6. The molecule has 1 amide bonds. The summed E-state index contributed by atoms with van der Waals surface area (Å²) in [6, 6.07) is 10.5. The molecule has 0 aliphatic carbocycles. The molecule has 186 valence electrons. The standard InChI is InChI=1S/C24H25F3N4O3S/c1-14(34-13-15-6-4-3-5-7-15)20-9-8-17-21(35(28,33)30-20)12-31(2)23(17)24(32)29-16-10-18(25)22(27)19(26)11-16/h3-7,10-12,14,20H,8-9,13H2,1-2H3,(H,29,32)(H2,28,30,33)/t14-,20-,35?/m1/s1. The summed E-state index contributed by atoms with van der Waals surface area (Å²) in [6.45, 7) is 2.18. The lowest BCUT2D eigenvalue weighted by Gasteiger charge is -2.24. The number of ether oxygens (including phenoxy) is 1. The Morgan fingerprint density at radius 1 is 1.26 bits per heavy atom. The SMILES string of the molecule is C[C@@H](OCc1ccccc1)[C@H]1CCc2c(cn(C)c2C(=O)Nc2cc(F)c(F)c(F)c2)S(=N)(=O)N1. The van der Waals surface area contributed by atoms with Gasteiger partial charge in [-0.3, -0.25) is 4.79 Å². The van der Waals surface area contributed by atoms with E-state index in [-0.39, 0.29) is 22.4 Å². The molecular formula is C24H25F3N4O3S. The van der Waals surface area contributed by atoms with Gasteiger partial charge < -0.3 is 14.6 Å². The average Bonchev–Trinajstić information content (AvgIpc) is 3.09. The molecule has 0 fully saturated rings. The molecule has 2 aromatic carbocycles. The highest BCUT2D eigenvalue weighted by atomic mass is 32.2. The Labute approximate surface area is 201 Å². The Morgan fingerprint density at radius 3 is 2.57 bits per heavy atom. The maximum absolute atomic E-state index is 13.6. The number of amides is 1. The molecule has 0 radical (unpaired) electrons. The summed E-state index contributed by atoms with van der Waals surface area (Å²) < 4.78 is 72.5. The molecule has 1 aliphatic heterocycles. The van der Waals surface area contributed by atoms with Crippen LogP contribution in [0.3, 0.4) is 0 Å². The molecule has 35 heavy (non-hydrogen) atoms. The zero-order chi connectivity index (χ0) is 25.3. The predicted molar refractivity (Wildman–Crippen MR) is 125 cm³/mol. The molecular weight excluding hydrogens is 481 g/mol. The third-order valence-electron chi connectivity index (χ3n) is 5.96. The van der Waals surface area contributed by atoms with Gasteiger partial charge in [0.2, 0.25) is 0 Å². The number of halogens is 3. The van der Waals surface area contributed by atoms with Gasteiger partial charge in [0.15, 0.2) is 17.5 Å². The number of aromatic nitrogens is 1. The van der Waals surface area contributed by atoms with E-state index >= 15 is 0 Å². The van der Waals surface area contributed by atoms with Gasteiger partial charge in [0.25, 0.3) is 5.91 Å². The Hall–Kier alpha value is -3.15. The number of rotatable bonds is 6. The van der Waals surface area contributed by atoms with Crippen molar-refractivity contribution in [3.05, 3.63) is 82.9 Å². The van der Waals surface area contributed by atoms with E-state index in [1.54, 1.807) is 7.05 Å². The van der Waals surface area contributed by atoms with Gasteiger partial charge in [0.05, 0.1) is 17.6 Å². The molecule has 2 heterocycles. The second-order valence-electron chi connectivity index (χ2n) is 8.46. The number of benzene rings is 2. The summed E-state index contributed by atoms with van der Waals surface area (Å²) in [5.74, 6) is -5.22. The summed E-state index contributed by atoms with van der Waals surface area (Å²) in [4.78, 5) is 13.2. The summed E-state index contributed by atoms with van der Waals surface area (Å²) in [6.07, 6.45) is 1.82. The van der Waals surface area contributed by atoms with Gasteiger partial charge in [0.1, 0.15) is 15.6 Å². The molecule has 1 unspecified atom stereocenters. The molecule has 4 rings (SSSR count). The first-order valence-electron chi connectivity index (χ1n) is 10.9. The van der Waals surface area contributed by atoms with Crippen LogP contribution in [0.15, 0.2) is 53.6 Å². The molecule has 0 spiro atoms. The Balaban J connectivity index is 1.55. The second-order valence-corrected chi connectivity index (χ2v) is 10.2. The van der Waals surface area contributed by atoms with E-state index in [0.29, 0.717) is 37.1 Å². The predicted octanol–water partition coefficient (Wildman–Crippen LogP) is 4.53. The Morgan fingerprint density at radius 2 is 1.91 bits per heavy atom. The van der Waals surface area contributed by atoms with Crippen molar-refractivity contribution in [2.24, 2.45) is 7.05 Å². The van der Waals surface area contributed by atoms with Crippen molar-refractivity contribution in [1.82, 2.24) is 9.29 Å². The molecule has 7 nitrogen and oxygen atoms in total. The molecule has 0 saturated heterocycles. The Bertz CT molecular complexity index is 1340. The maximum Gasteiger partial charge on any atom is 0.272 e. The van der Waals surface area contributed by atoms with Crippen LogP contribution in [-0.2, 0) is 34.7 Å². The minimum Gasteiger partial charge on any atom is -0.372 e. The molecule has 1 aromatic heterocycles. The van der Waals surface area contributed by atoms with Gasteiger partial charge in [-0.05, 0) is 25.3 Å². The van der Waals surface area contributed by atoms with Gasteiger partial charge in [0, 0.05) is 42.7 Å². The van der Waals surface area contributed by atoms with Crippen LogP contribution in [-0.4, -0.2) is 26.8 Å². The van der Waals surface area contributed by atoms with Crippen LogP contribution >= 0.6 is 0 Å². The third kappa shape index (κ3) is 5.26. The van der Waals surface area contributed by atoms with E-state index in [9.17, 15) is 22.2 Å². The molecule has 0 saturated carbocycles. The zero-order valence-corrected chi connectivity index (χ0v) is 19.9. The summed E-state index contributed by atoms with van der Waals surface area (Å²) in [5.41, 5.74) is 1.22. The number of nitrogens with zero attached hydrogens (tertiary/aromatic N) is 1. The van der Waals surface area contributed by atoms with Gasteiger partial charge in [-0.15, -0.1) is 0 Å². The number of carbonyl (C=O) groups is 1. The normalized spacial score (nSPS) is 20.7. The topological polar surface area (TPSA) is 96.2 Å². The van der Waals surface area contributed by atoms with E-state index < -0.39 is 39.3 Å². The van der Waals surface area contributed by atoms with Crippen LogP contribution in [0.2, 0.25) is 0 Å². The lowest BCUT2D eigenvalue weighted by atomic mass is 10.0. The highest BCUT2D eigenvalue weighted by molar-refractivity contribution is 7.90. The van der Waals surface area contributed by atoms with Gasteiger partial charge in [-0.1, -0.05) is 30.3 Å². The quantitative estimate of drug-likeness (QED) is 0.429. The highest BCUT2D eigenvalue weighted by Gasteiger charge is 2.33. The maximum atomic E-state index is 13.6. The fourth-order valence-corrected chi connectivity index (χ4v) is 5.85. The summed E-state index contributed by atoms with van der Waals surface area (Å²) in [5, 5.41) is 2.36. The average molecular weight is 507 g/mol. The molecule has 3 aromatic rings. The van der Waals surface area contributed by atoms with Crippen LogP contribution < -0.4 is 10.0 Å². The molecule has 11 heteroatoms. The number of aryl methyl sites for hydroxylation is 1. The lowest BCUT2D eigenvalue weighted by molar-refractivity contribution is 0.0308. The number of hydrogen-bond donors (Lipinski definition) is 3. The number of carbonyl (C=O) groups excluding carboxylic acids is 1. The van der Waals surface area contributed by atoms with Crippen molar-refractivity contribution >= 4 is 21.5 Å². The fraction of sp³-hybridized carbons (Fsp3) is 0.292. The summed E-state index contributed by atoms with van der Waals surface area (Å²) >= 11 is 0. The number of anilines is 1. The zero-order valence-electron chi connectivity index (χ0n) is 19.1. The van der Waals surface area contributed by atoms with Crippen LogP contribution in [0.4, 0.5) is 18.9 Å². The fourth-order valence-electron chi connectivity index (χ4n) is 4.14. The van der Waals surface area contributed by atoms with Gasteiger partial charge in [-0.25, -0.2) is 26.9 Å². The monoisotopic (exact) mass is 506 g/mol. The van der Waals surface area contributed by atoms with E-state index in [1.165, 1.54) is 10.8 Å². The molecule has 1 aliphatic rings. The van der Waals surface area contributed by atoms with E-state index in [4.69, 9.17) is 9.52 Å². The first kappa shape index (κ1) is 25.0. The van der Waals surface area contributed by atoms with Gasteiger partial charge in [-0.2, -0.15) is 0 Å². The van der Waals surface area contributed by atoms with Crippen molar-refractivity contribution < 1.29 is 26.9 Å². The largest absolute Gasteiger partial charge is 0.372 e. The smallest absolute Gasteiger partial charge is 0.272 e. The highest BCUT2D eigenvalue weighted by Crippen LogP contribution is 2.30.